The summed E-state index contributed by atoms with van der Waals surface area (Å²) in [6.07, 6.45) is 0. The fourth-order valence-corrected chi connectivity index (χ4v) is 6.46. The number of oxazole rings is 1. The number of anilines is 3. The van der Waals surface area contributed by atoms with Crippen molar-refractivity contribution >= 4 is 28.2 Å². The van der Waals surface area contributed by atoms with Crippen LogP contribution in [0, 0.1) is 0 Å². The number of fused-ring (bicyclic) bond motifs is 4. The molecule has 0 unspecified atom stereocenters. The molecule has 206 valence electrons. The van der Waals surface area contributed by atoms with Gasteiger partial charge in [-0.25, -0.2) is 4.98 Å². The van der Waals surface area contributed by atoms with Gasteiger partial charge in [-0.15, -0.1) is 0 Å². The summed E-state index contributed by atoms with van der Waals surface area (Å²) in [6, 6.07) is 51.3. The third kappa shape index (κ3) is 4.24. The standard InChI is InChI=1S/C40H30N2O/c1-40(2)35-23-22-32(24-33(35)34-25-38-37(26-36(34)40)41-39(43-38)29-14-8-4-9-15-29)42(30-16-10-5-11-17-30)31-20-18-28(19-21-31)27-12-6-3-7-13-27/h3-26H,1-2H3. The lowest BCUT2D eigenvalue weighted by Gasteiger charge is -2.27. The molecule has 0 saturated heterocycles. The fourth-order valence-electron chi connectivity index (χ4n) is 6.46. The van der Waals surface area contributed by atoms with Crippen LogP contribution in [0.25, 0.3) is 44.8 Å². The maximum absolute atomic E-state index is 6.31. The van der Waals surface area contributed by atoms with Gasteiger partial charge in [0.2, 0.25) is 5.89 Å². The Balaban J connectivity index is 1.25. The summed E-state index contributed by atoms with van der Waals surface area (Å²) in [7, 11) is 0. The van der Waals surface area contributed by atoms with Crippen LogP contribution in [-0.4, -0.2) is 4.98 Å². The summed E-state index contributed by atoms with van der Waals surface area (Å²) in [4.78, 5) is 7.20. The second-order valence-corrected chi connectivity index (χ2v) is 11.7. The lowest BCUT2D eigenvalue weighted by molar-refractivity contribution is 0.619. The molecule has 43 heavy (non-hydrogen) atoms. The van der Waals surface area contributed by atoms with Gasteiger partial charge in [0.25, 0.3) is 0 Å². The molecule has 3 nitrogen and oxygen atoms in total. The van der Waals surface area contributed by atoms with Crippen molar-refractivity contribution in [3.05, 3.63) is 157 Å². The lowest BCUT2D eigenvalue weighted by Crippen LogP contribution is -2.15. The molecule has 0 atom stereocenters. The molecule has 3 heteroatoms. The Hall–Kier alpha value is -5.41. The van der Waals surface area contributed by atoms with E-state index in [9.17, 15) is 0 Å². The first-order valence-corrected chi connectivity index (χ1v) is 14.7. The summed E-state index contributed by atoms with van der Waals surface area (Å²) in [6.45, 7) is 4.61. The highest BCUT2D eigenvalue weighted by Gasteiger charge is 2.37. The SMILES string of the molecule is CC1(C)c2ccc(N(c3ccccc3)c3ccc(-c4ccccc4)cc3)cc2-c2cc3oc(-c4ccccc4)nc3cc21. The highest BCUT2D eigenvalue weighted by Crippen LogP contribution is 2.52. The number of rotatable bonds is 5. The Morgan fingerprint density at radius 2 is 1.07 bits per heavy atom. The first-order chi connectivity index (χ1) is 21.1. The maximum Gasteiger partial charge on any atom is 0.227 e. The lowest BCUT2D eigenvalue weighted by atomic mass is 9.82. The highest BCUT2D eigenvalue weighted by atomic mass is 16.3. The molecule has 0 saturated carbocycles. The van der Waals surface area contributed by atoms with Gasteiger partial charge in [0.1, 0.15) is 5.52 Å². The quantitative estimate of drug-likeness (QED) is 0.212. The van der Waals surface area contributed by atoms with E-state index in [0.717, 1.165) is 33.7 Å². The van der Waals surface area contributed by atoms with Gasteiger partial charge in [-0.3, -0.25) is 0 Å². The molecule has 0 radical (unpaired) electrons. The van der Waals surface area contributed by atoms with Crippen molar-refractivity contribution in [3.8, 4) is 33.7 Å². The summed E-state index contributed by atoms with van der Waals surface area (Å²) in [5.41, 5.74) is 13.3. The van der Waals surface area contributed by atoms with Crippen molar-refractivity contribution in [2.75, 3.05) is 4.90 Å². The van der Waals surface area contributed by atoms with Crippen LogP contribution in [0.2, 0.25) is 0 Å². The Bertz CT molecular complexity index is 2080. The largest absolute Gasteiger partial charge is 0.436 e. The monoisotopic (exact) mass is 554 g/mol. The molecule has 0 spiro atoms. The molecular weight excluding hydrogens is 524 g/mol. The van der Waals surface area contributed by atoms with Crippen molar-refractivity contribution in [1.29, 1.82) is 0 Å². The minimum atomic E-state index is -0.155. The average molecular weight is 555 g/mol. The normalized spacial score (nSPS) is 13.1. The minimum absolute atomic E-state index is 0.155. The third-order valence-electron chi connectivity index (χ3n) is 8.69. The Kier molecular flexibility index (Phi) is 5.80. The predicted molar refractivity (Wildman–Crippen MR) is 177 cm³/mol. The van der Waals surface area contributed by atoms with Crippen LogP contribution in [0.3, 0.4) is 0 Å². The van der Waals surface area contributed by atoms with Crippen molar-refractivity contribution in [2.24, 2.45) is 0 Å². The van der Waals surface area contributed by atoms with E-state index in [4.69, 9.17) is 9.40 Å². The molecule has 7 aromatic rings. The molecule has 0 bridgehead atoms. The summed E-state index contributed by atoms with van der Waals surface area (Å²) < 4.78 is 6.31. The zero-order valence-corrected chi connectivity index (χ0v) is 24.2. The van der Waals surface area contributed by atoms with Crippen LogP contribution in [0.5, 0.6) is 0 Å². The molecule has 1 aliphatic rings. The van der Waals surface area contributed by atoms with E-state index in [0.29, 0.717) is 5.89 Å². The Morgan fingerprint density at radius 1 is 0.512 bits per heavy atom. The van der Waals surface area contributed by atoms with Gasteiger partial charge in [-0.1, -0.05) is 98.8 Å². The predicted octanol–water partition coefficient (Wildman–Crippen LogP) is 10.9. The number of benzene rings is 6. The molecule has 8 rings (SSSR count). The van der Waals surface area contributed by atoms with Crippen LogP contribution in [0.1, 0.15) is 25.0 Å². The zero-order chi connectivity index (χ0) is 29.0. The third-order valence-corrected chi connectivity index (χ3v) is 8.69. The van der Waals surface area contributed by atoms with Gasteiger partial charge in [0, 0.05) is 28.0 Å². The zero-order valence-electron chi connectivity index (χ0n) is 24.2. The van der Waals surface area contributed by atoms with Crippen molar-refractivity contribution < 1.29 is 4.42 Å². The van der Waals surface area contributed by atoms with Gasteiger partial charge in [0.15, 0.2) is 5.58 Å². The Morgan fingerprint density at radius 3 is 1.77 bits per heavy atom. The van der Waals surface area contributed by atoms with Gasteiger partial charge >= 0.3 is 0 Å². The molecule has 0 N–H and O–H groups in total. The van der Waals surface area contributed by atoms with E-state index >= 15 is 0 Å². The van der Waals surface area contributed by atoms with Crippen molar-refractivity contribution in [3.63, 3.8) is 0 Å². The molecule has 0 aliphatic heterocycles. The van der Waals surface area contributed by atoms with E-state index in [1.807, 2.05) is 30.3 Å². The van der Waals surface area contributed by atoms with Gasteiger partial charge in [-0.05, 0) is 94.0 Å². The van der Waals surface area contributed by atoms with Crippen LogP contribution in [0.15, 0.2) is 150 Å². The number of hydrogen-bond acceptors (Lipinski definition) is 3. The van der Waals surface area contributed by atoms with E-state index in [1.54, 1.807) is 0 Å². The van der Waals surface area contributed by atoms with Crippen LogP contribution >= 0.6 is 0 Å². The highest BCUT2D eigenvalue weighted by molar-refractivity contribution is 5.92. The van der Waals surface area contributed by atoms with Crippen molar-refractivity contribution in [2.45, 2.75) is 19.3 Å². The maximum atomic E-state index is 6.31. The summed E-state index contributed by atoms with van der Waals surface area (Å²) in [5, 5.41) is 0. The second-order valence-electron chi connectivity index (χ2n) is 11.7. The van der Waals surface area contributed by atoms with E-state index in [1.165, 1.54) is 33.4 Å². The van der Waals surface area contributed by atoms with E-state index in [-0.39, 0.29) is 5.41 Å². The molecular formula is C40H30N2O. The number of para-hydroxylation sites is 1. The fraction of sp³-hybridized carbons (Fsp3) is 0.0750. The molecule has 6 aromatic carbocycles. The average Bonchev–Trinajstić information content (AvgIpc) is 3.58. The minimum Gasteiger partial charge on any atom is -0.436 e. The van der Waals surface area contributed by atoms with Gasteiger partial charge in [-0.2, -0.15) is 0 Å². The topological polar surface area (TPSA) is 29.3 Å². The summed E-state index contributed by atoms with van der Waals surface area (Å²) >= 11 is 0. The van der Waals surface area contributed by atoms with E-state index in [2.05, 4.69) is 134 Å². The summed E-state index contributed by atoms with van der Waals surface area (Å²) in [5.74, 6) is 0.653. The molecule has 0 fully saturated rings. The first-order valence-electron chi connectivity index (χ1n) is 14.7. The molecule has 0 amide bonds. The van der Waals surface area contributed by atoms with Crippen LogP contribution in [-0.2, 0) is 5.41 Å². The van der Waals surface area contributed by atoms with Gasteiger partial charge in [0.05, 0.1) is 0 Å². The number of nitrogens with zero attached hydrogens (tertiary/aromatic N) is 2. The number of hydrogen-bond donors (Lipinski definition) is 0. The van der Waals surface area contributed by atoms with Crippen LogP contribution < -0.4 is 4.90 Å². The molecule has 1 aliphatic carbocycles. The van der Waals surface area contributed by atoms with E-state index < -0.39 is 0 Å². The molecule has 1 aromatic heterocycles. The number of aromatic nitrogens is 1. The van der Waals surface area contributed by atoms with Gasteiger partial charge < -0.3 is 9.32 Å². The smallest absolute Gasteiger partial charge is 0.227 e. The Labute approximate surface area is 251 Å². The van der Waals surface area contributed by atoms with Crippen LogP contribution in [0.4, 0.5) is 17.1 Å². The van der Waals surface area contributed by atoms with Crippen molar-refractivity contribution in [1.82, 2.24) is 4.98 Å². The second kappa shape index (κ2) is 9.85. The molecule has 1 heterocycles. The first kappa shape index (κ1) is 25.3.